The third-order valence-corrected chi connectivity index (χ3v) is 2.89. The number of nitrogens with one attached hydrogen (secondary N) is 1. The molecule has 98 valence electrons. The molecule has 0 aromatic heterocycles. The van der Waals surface area contributed by atoms with E-state index in [0.717, 1.165) is 12.8 Å². The zero-order valence-electron chi connectivity index (χ0n) is 10.4. The largest absolute Gasteiger partial charge is 0.454 e. The molecule has 2 rings (SSSR count). The molecule has 1 amide bonds. The molecule has 0 spiro atoms. The highest BCUT2D eigenvalue weighted by molar-refractivity contribution is 5.95. The molecular weight excluding hydrogens is 232 g/mol. The Bertz CT molecular complexity index is 434. The summed E-state index contributed by atoms with van der Waals surface area (Å²) in [5.74, 6) is 1.16. The molecule has 0 saturated heterocycles. The minimum Gasteiger partial charge on any atom is -0.454 e. The highest BCUT2D eigenvalue weighted by atomic mass is 16.7. The van der Waals surface area contributed by atoms with E-state index >= 15 is 0 Å². The van der Waals surface area contributed by atoms with Gasteiger partial charge in [-0.05, 0) is 24.6 Å². The first kappa shape index (κ1) is 12.7. The third-order valence-electron chi connectivity index (χ3n) is 2.89. The fraction of sp³-hybridized carbons (Fsp3) is 0.462. The predicted octanol–water partition coefficient (Wildman–Crippen LogP) is 1.27. The average molecular weight is 250 g/mol. The molecule has 5 heteroatoms. The number of ether oxygens (including phenoxy) is 2. The minimum absolute atomic E-state index is 0.0212. The van der Waals surface area contributed by atoms with Gasteiger partial charge in [0, 0.05) is 18.2 Å². The summed E-state index contributed by atoms with van der Waals surface area (Å²) < 4.78 is 10.4. The maximum absolute atomic E-state index is 12.0. The van der Waals surface area contributed by atoms with Crippen LogP contribution in [-0.2, 0) is 0 Å². The van der Waals surface area contributed by atoms with Gasteiger partial charge in [-0.25, -0.2) is 0 Å². The lowest BCUT2D eigenvalue weighted by Gasteiger charge is -2.15. The zero-order chi connectivity index (χ0) is 13.0. The van der Waals surface area contributed by atoms with Gasteiger partial charge in [-0.15, -0.1) is 0 Å². The molecule has 1 aromatic carbocycles. The minimum atomic E-state index is -0.128. The molecule has 1 aromatic rings. The molecule has 1 aliphatic rings. The number of fused-ring (bicyclic) bond motifs is 1. The van der Waals surface area contributed by atoms with E-state index in [4.69, 9.17) is 15.2 Å². The van der Waals surface area contributed by atoms with E-state index in [9.17, 15) is 4.79 Å². The Morgan fingerprint density at radius 2 is 2.22 bits per heavy atom. The van der Waals surface area contributed by atoms with Crippen molar-refractivity contribution in [1.82, 2.24) is 5.32 Å². The van der Waals surface area contributed by atoms with Gasteiger partial charge in [-0.2, -0.15) is 0 Å². The normalized spacial score (nSPS) is 14.3. The summed E-state index contributed by atoms with van der Waals surface area (Å²) in [7, 11) is 0. The quantitative estimate of drug-likeness (QED) is 0.825. The van der Waals surface area contributed by atoms with Gasteiger partial charge in [0.1, 0.15) is 0 Å². The molecule has 0 aliphatic carbocycles. The second-order valence-electron chi connectivity index (χ2n) is 4.26. The van der Waals surface area contributed by atoms with E-state index < -0.39 is 0 Å². The van der Waals surface area contributed by atoms with Gasteiger partial charge in [-0.1, -0.05) is 13.3 Å². The van der Waals surface area contributed by atoms with Gasteiger partial charge in [-0.3, -0.25) is 4.79 Å². The van der Waals surface area contributed by atoms with Crippen molar-refractivity contribution >= 4 is 5.91 Å². The molecular formula is C13H18N2O3. The van der Waals surface area contributed by atoms with Crippen molar-refractivity contribution in [2.75, 3.05) is 13.3 Å². The topological polar surface area (TPSA) is 73.6 Å². The number of hydrogen-bond donors (Lipinski definition) is 2. The summed E-state index contributed by atoms with van der Waals surface area (Å²) >= 11 is 0. The molecule has 0 radical (unpaired) electrons. The molecule has 0 saturated carbocycles. The summed E-state index contributed by atoms with van der Waals surface area (Å²) in [5.41, 5.74) is 6.18. The van der Waals surface area contributed by atoms with E-state index in [1.807, 2.05) is 0 Å². The predicted molar refractivity (Wildman–Crippen MR) is 67.8 cm³/mol. The Kier molecular flexibility index (Phi) is 4.04. The molecule has 1 unspecified atom stereocenters. The number of rotatable bonds is 5. The monoisotopic (exact) mass is 250 g/mol. The fourth-order valence-electron chi connectivity index (χ4n) is 1.90. The van der Waals surface area contributed by atoms with Crippen LogP contribution in [0.2, 0.25) is 0 Å². The van der Waals surface area contributed by atoms with Crippen molar-refractivity contribution < 1.29 is 14.3 Å². The lowest BCUT2D eigenvalue weighted by atomic mass is 10.1. The van der Waals surface area contributed by atoms with Crippen molar-refractivity contribution in [2.45, 2.75) is 25.8 Å². The molecule has 5 nitrogen and oxygen atoms in total. The van der Waals surface area contributed by atoms with Crippen molar-refractivity contribution in [3.05, 3.63) is 23.8 Å². The first-order valence-corrected chi connectivity index (χ1v) is 6.15. The summed E-state index contributed by atoms with van der Waals surface area (Å²) in [4.78, 5) is 12.0. The van der Waals surface area contributed by atoms with Crippen LogP contribution in [0.3, 0.4) is 0 Å². The number of carbonyl (C=O) groups excluding carboxylic acids is 1. The van der Waals surface area contributed by atoms with Crippen LogP contribution < -0.4 is 20.5 Å². The molecule has 1 atom stereocenters. The van der Waals surface area contributed by atoms with Crippen LogP contribution in [0.5, 0.6) is 11.5 Å². The number of benzene rings is 1. The Hall–Kier alpha value is -1.75. The molecule has 18 heavy (non-hydrogen) atoms. The fourth-order valence-corrected chi connectivity index (χ4v) is 1.90. The first-order chi connectivity index (χ1) is 8.74. The van der Waals surface area contributed by atoms with E-state index in [-0.39, 0.29) is 18.7 Å². The summed E-state index contributed by atoms with van der Waals surface area (Å²) in [6.07, 6.45) is 1.87. The maximum Gasteiger partial charge on any atom is 0.251 e. The third kappa shape index (κ3) is 2.73. The Labute approximate surface area is 106 Å². The van der Waals surface area contributed by atoms with Crippen LogP contribution in [0.25, 0.3) is 0 Å². The highest BCUT2D eigenvalue weighted by Gasteiger charge is 2.17. The zero-order valence-corrected chi connectivity index (χ0v) is 10.4. The smallest absolute Gasteiger partial charge is 0.251 e. The van der Waals surface area contributed by atoms with Crippen molar-refractivity contribution in [1.29, 1.82) is 0 Å². The average Bonchev–Trinajstić information content (AvgIpc) is 2.85. The van der Waals surface area contributed by atoms with E-state index in [2.05, 4.69) is 12.2 Å². The molecule has 0 fully saturated rings. The summed E-state index contributed by atoms with van der Waals surface area (Å²) in [6.45, 7) is 2.72. The van der Waals surface area contributed by atoms with Gasteiger partial charge in [0.2, 0.25) is 6.79 Å². The summed E-state index contributed by atoms with van der Waals surface area (Å²) in [5, 5.41) is 2.91. The molecule has 1 heterocycles. The Morgan fingerprint density at radius 1 is 1.44 bits per heavy atom. The highest BCUT2D eigenvalue weighted by Crippen LogP contribution is 2.32. The molecule has 0 bridgehead atoms. The summed E-state index contributed by atoms with van der Waals surface area (Å²) in [6, 6.07) is 5.18. The molecule has 3 N–H and O–H groups in total. The first-order valence-electron chi connectivity index (χ1n) is 6.15. The van der Waals surface area contributed by atoms with Gasteiger partial charge in [0.15, 0.2) is 11.5 Å². The van der Waals surface area contributed by atoms with Gasteiger partial charge in [0.25, 0.3) is 5.91 Å². The van der Waals surface area contributed by atoms with Crippen LogP contribution in [0.1, 0.15) is 30.1 Å². The lowest BCUT2D eigenvalue weighted by molar-refractivity contribution is 0.0935. The second-order valence-corrected chi connectivity index (χ2v) is 4.26. The second kappa shape index (κ2) is 5.73. The van der Waals surface area contributed by atoms with Gasteiger partial charge in [0.05, 0.1) is 0 Å². The Balaban J connectivity index is 2.04. The van der Waals surface area contributed by atoms with E-state index in [0.29, 0.717) is 23.6 Å². The number of nitrogens with two attached hydrogens (primary N) is 1. The lowest BCUT2D eigenvalue weighted by Crippen LogP contribution is -2.40. The van der Waals surface area contributed by atoms with Gasteiger partial charge >= 0.3 is 0 Å². The standard InChI is InChI=1S/C13H18N2O3/c1-2-3-10(7-14)15-13(16)9-4-5-11-12(6-9)18-8-17-11/h4-6,10H,2-3,7-8,14H2,1H3,(H,15,16). The van der Waals surface area contributed by atoms with Crippen LogP contribution in [0.15, 0.2) is 18.2 Å². The van der Waals surface area contributed by atoms with Crippen LogP contribution >= 0.6 is 0 Å². The number of hydrogen-bond acceptors (Lipinski definition) is 4. The van der Waals surface area contributed by atoms with Crippen molar-refractivity contribution in [2.24, 2.45) is 5.73 Å². The van der Waals surface area contributed by atoms with E-state index in [1.54, 1.807) is 18.2 Å². The maximum atomic E-state index is 12.0. The van der Waals surface area contributed by atoms with Crippen LogP contribution in [0.4, 0.5) is 0 Å². The van der Waals surface area contributed by atoms with Crippen LogP contribution in [0, 0.1) is 0 Å². The van der Waals surface area contributed by atoms with Crippen molar-refractivity contribution in [3.8, 4) is 11.5 Å². The number of carbonyl (C=O) groups is 1. The SMILES string of the molecule is CCCC(CN)NC(=O)c1ccc2c(c1)OCO2. The van der Waals surface area contributed by atoms with Gasteiger partial charge < -0.3 is 20.5 Å². The molecule has 1 aliphatic heterocycles. The Morgan fingerprint density at radius 3 is 2.94 bits per heavy atom. The number of amides is 1. The van der Waals surface area contributed by atoms with E-state index in [1.165, 1.54) is 0 Å². The van der Waals surface area contributed by atoms with Crippen LogP contribution in [-0.4, -0.2) is 25.3 Å². The van der Waals surface area contributed by atoms with Crippen molar-refractivity contribution in [3.63, 3.8) is 0 Å².